The molecule has 4 heteroatoms. The van der Waals surface area contributed by atoms with Gasteiger partial charge in [-0.05, 0) is 18.2 Å². The molecule has 0 fully saturated rings. The largest absolute Gasteiger partial charge is 0.475 e. The van der Waals surface area contributed by atoms with Crippen molar-refractivity contribution in [2.24, 2.45) is 0 Å². The molecule has 0 aliphatic carbocycles. The third-order valence-electron chi connectivity index (χ3n) is 2.09. The van der Waals surface area contributed by atoms with Crippen LogP contribution in [0.2, 0.25) is 0 Å². The van der Waals surface area contributed by atoms with Gasteiger partial charge in [0.15, 0.2) is 0 Å². The lowest BCUT2D eigenvalue weighted by atomic mass is 10.3. The molecule has 0 aliphatic rings. The second-order valence-electron chi connectivity index (χ2n) is 3.34. The Morgan fingerprint density at radius 3 is 3.00 bits per heavy atom. The molecule has 0 bridgehead atoms. The third-order valence-corrected chi connectivity index (χ3v) is 3.18. The van der Waals surface area contributed by atoms with Crippen molar-refractivity contribution in [2.75, 3.05) is 5.75 Å². The first-order valence-corrected chi connectivity index (χ1v) is 6.28. The van der Waals surface area contributed by atoms with Gasteiger partial charge in [-0.1, -0.05) is 19.8 Å². The zero-order valence-electron chi connectivity index (χ0n) is 8.86. The van der Waals surface area contributed by atoms with Gasteiger partial charge in [0, 0.05) is 11.3 Å². The van der Waals surface area contributed by atoms with Gasteiger partial charge in [-0.2, -0.15) is 11.8 Å². The first-order chi connectivity index (χ1) is 7.25. The zero-order chi connectivity index (χ0) is 11.1. The Bertz CT molecular complexity index is 307. The Morgan fingerprint density at radius 2 is 2.33 bits per heavy atom. The lowest BCUT2D eigenvalue weighted by Gasteiger charge is -1.99. The molecular formula is C11H16O3S. The fourth-order valence-corrected chi connectivity index (χ4v) is 2.27. The first kappa shape index (κ1) is 12.2. The third kappa shape index (κ3) is 4.00. The molecule has 0 radical (unpaired) electrons. The van der Waals surface area contributed by atoms with Crippen LogP contribution in [0.3, 0.4) is 0 Å². The van der Waals surface area contributed by atoms with E-state index in [1.807, 2.05) is 0 Å². The average Bonchev–Trinajstić information content (AvgIpc) is 2.66. The van der Waals surface area contributed by atoms with Crippen molar-refractivity contribution in [2.45, 2.75) is 31.9 Å². The highest BCUT2D eigenvalue weighted by molar-refractivity contribution is 7.98. The lowest BCUT2D eigenvalue weighted by Crippen LogP contribution is -1.97. The van der Waals surface area contributed by atoms with Crippen molar-refractivity contribution < 1.29 is 14.3 Å². The Morgan fingerprint density at radius 1 is 1.53 bits per heavy atom. The number of thioether (sulfide) groups is 1. The Hall–Kier alpha value is -0.900. The molecule has 3 nitrogen and oxygen atoms in total. The summed E-state index contributed by atoms with van der Waals surface area (Å²) in [6.45, 7) is 2.17. The minimum Gasteiger partial charge on any atom is -0.475 e. The zero-order valence-corrected chi connectivity index (χ0v) is 9.68. The predicted molar refractivity (Wildman–Crippen MR) is 61.4 cm³/mol. The normalized spacial score (nSPS) is 10.5. The van der Waals surface area contributed by atoms with Crippen molar-refractivity contribution in [3.63, 3.8) is 0 Å². The summed E-state index contributed by atoms with van der Waals surface area (Å²) in [5, 5.41) is 8.79. The van der Waals surface area contributed by atoms with E-state index in [4.69, 9.17) is 9.52 Å². The minimum absolute atomic E-state index is 0.0815. The van der Waals surface area contributed by atoms with E-state index in [0.29, 0.717) is 0 Å². The first-order valence-electron chi connectivity index (χ1n) is 5.13. The fourth-order valence-electron chi connectivity index (χ4n) is 1.27. The van der Waals surface area contributed by atoms with Crippen LogP contribution in [0.25, 0.3) is 0 Å². The number of hydrogen-bond donors (Lipinski definition) is 1. The monoisotopic (exact) mass is 228 g/mol. The molecule has 0 atom stereocenters. The molecule has 1 aromatic heterocycles. The van der Waals surface area contributed by atoms with E-state index in [0.717, 1.165) is 17.1 Å². The van der Waals surface area contributed by atoms with E-state index in [-0.39, 0.29) is 5.76 Å². The number of carboxylic acids is 1. The van der Waals surface area contributed by atoms with Crippen molar-refractivity contribution in [1.82, 2.24) is 0 Å². The van der Waals surface area contributed by atoms with Crippen molar-refractivity contribution >= 4 is 17.7 Å². The summed E-state index contributed by atoms with van der Waals surface area (Å²) in [4.78, 5) is 10.7. The van der Waals surface area contributed by atoms with Crippen LogP contribution < -0.4 is 0 Å². The number of rotatable bonds is 7. The highest BCUT2D eigenvalue weighted by atomic mass is 32.2. The van der Waals surface area contributed by atoms with Crippen LogP contribution in [0.15, 0.2) is 16.7 Å². The molecule has 1 rings (SSSR count). The van der Waals surface area contributed by atoms with E-state index < -0.39 is 5.97 Å². The second kappa shape index (κ2) is 6.56. The number of aromatic carboxylic acids is 1. The van der Waals surface area contributed by atoms with E-state index >= 15 is 0 Å². The molecule has 15 heavy (non-hydrogen) atoms. The molecular weight excluding hydrogens is 212 g/mol. The molecule has 1 heterocycles. The molecule has 0 spiro atoms. The highest BCUT2D eigenvalue weighted by Crippen LogP contribution is 2.19. The second-order valence-corrected chi connectivity index (χ2v) is 4.44. The van der Waals surface area contributed by atoms with Crippen LogP contribution in [0.4, 0.5) is 0 Å². The summed E-state index contributed by atoms with van der Waals surface area (Å²) >= 11 is 1.76. The van der Waals surface area contributed by atoms with E-state index in [1.54, 1.807) is 17.8 Å². The number of unbranched alkanes of at least 4 members (excludes halogenated alkanes) is 2. The lowest BCUT2D eigenvalue weighted by molar-refractivity contribution is 0.0661. The topological polar surface area (TPSA) is 50.4 Å². The van der Waals surface area contributed by atoms with Gasteiger partial charge in [-0.25, -0.2) is 4.79 Å². The van der Waals surface area contributed by atoms with E-state index in [2.05, 4.69) is 6.92 Å². The molecule has 0 unspecified atom stereocenters. The number of carboxylic acid groups (broad SMARTS) is 1. The maximum atomic E-state index is 10.7. The summed E-state index contributed by atoms with van der Waals surface area (Å²) in [6, 6.07) is 1.73. The average molecular weight is 228 g/mol. The van der Waals surface area contributed by atoms with Gasteiger partial charge in [0.1, 0.15) is 0 Å². The summed E-state index contributed by atoms with van der Waals surface area (Å²) in [7, 11) is 0. The van der Waals surface area contributed by atoms with Gasteiger partial charge < -0.3 is 9.52 Å². The summed E-state index contributed by atoms with van der Waals surface area (Å²) < 4.78 is 4.89. The van der Waals surface area contributed by atoms with E-state index in [9.17, 15) is 4.79 Å². The Kier molecular flexibility index (Phi) is 5.32. The predicted octanol–water partition coefficient (Wildman–Crippen LogP) is 3.40. The number of hydrogen-bond acceptors (Lipinski definition) is 3. The van der Waals surface area contributed by atoms with Crippen LogP contribution >= 0.6 is 11.8 Å². The molecule has 1 N–H and O–H groups in total. The highest BCUT2D eigenvalue weighted by Gasteiger charge is 2.13. The number of carbonyl (C=O) groups is 1. The van der Waals surface area contributed by atoms with Crippen LogP contribution in [0.1, 0.15) is 42.3 Å². The smallest absolute Gasteiger partial charge is 0.372 e. The summed E-state index contributed by atoms with van der Waals surface area (Å²) in [5.74, 6) is 0.905. The van der Waals surface area contributed by atoms with Crippen molar-refractivity contribution in [3.05, 3.63) is 23.7 Å². The van der Waals surface area contributed by atoms with Gasteiger partial charge in [0.2, 0.25) is 5.76 Å². The minimum atomic E-state index is -0.982. The van der Waals surface area contributed by atoms with Gasteiger partial charge in [-0.3, -0.25) is 0 Å². The van der Waals surface area contributed by atoms with Crippen molar-refractivity contribution in [1.29, 1.82) is 0 Å². The van der Waals surface area contributed by atoms with E-state index in [1.165, 1.54) is 25.5 Å². The summed E-state index contributed by atoms with van der Waals surface area (Å²) in [6.07, 6.45) is 5.09. The van der Waals surface area contributed by atoms with Crippen LogP contribution in [0.5, 0.6) is 0 Å². The van der Waals surface area contributed by atoms with Gasteiger partial charge in [0.05, 0.1) is 6.26 Å². The van der Waals surface area contributed by atoms with Gasteiger partial charge in [-0.15, -0.1) is 0 Å². The van der Waals surface area contributed by atoms with Gasteiger partial charge in [0.25, 0.3) is 0 Å². The maximum Gasteiger partial charge on any atom is 0.372 e. The Labute approximate surface area is 93.9 Å². The maximum absolute atomic E-state index is 10.7. The molecule has 0 amide bonds. The molecule has 1 aromatic rings. The molecule has 0 aromatic carbocycles. The standard InChI is InChI=1S/C11H16O3S/c1-2-3-4-7-15-8-9-5-6-14-10(9)11(12)13/h5-6H,2-4,7-8H2,1H3,(H,12,13). The summed E-state index contributed by atoms with van der Waals surface area (Å²) in [5.41, 5.74) is 0.781. The number of furan rings is 1. The SMILES string of the molecule is CCCCCSCc1ccoc1C(=O)O. The molecule has 84 valence electrons. The quantitative estimate of drug-likeness (QED) is 0.727. The van der Waals surface area contributed by atoms with Gasteiger partial charge >= 0.3 is 5.97 Å². The molecule has 0 saturated carbocycles. The molecule has 0 saturated heterocycles. The van der Waals surface area contributed by atoms with Crippen LogP contribution in [-0.2, 0) is 5.75 Å². The Balaban J connectivity index is 2.31. The van der Waals surface area contributed by atoms with Crippen LogP contribution in [-0.4, -0.2) is 16.8 Å². The van der Waals surface area contributed by atoms with Crippen molar-refractivity contribution in [3.8, 4) is 0 Å². The molecule has 0 aliphatic heterocycles. The van der Waals surface area contributed by atoms with Crippen LogP contribution in [0, 0.1) is 0 Å². The fraction of sp³-hybridized carbons (Fsp3) is 0.545.